The number of carbonyl (C=O) groups excluding carboxylic acids is 2. The van der Waals surface area contributed by atoms with E-state index in [1.807, 2.05) is 24.3 Å². The Bertz CT molecular complexity index is 1100. The average Bonchev–Trinajstić information content (AvgIpc) is 3.17. The number of nitrogens with one attached hydrogen (secondary N) is 1. The first-order valence-electron chi connectivity index (χ1n) is 9.67. The number of pyridine rings is 1. The number of rotatable bonds is 6. The molecule has 1 aliphatic rings. The molecule has 2 aromatic carbocycles. The lowest BCUT2D eigenvalue weighted by atomic mass is 10.1. The highest BCUT2D eigenvalue weighted by Gasteiger charge is 2.35. The molecule has 158 valence electrons. The predicted molar refractivity (Wildman–Crippen MR) is 121 cm³/mol. The summed E-state index contributed by atoms with van der Waals surface area (Å²) in [5.74, 6) is 0.738. The SMILES string of the molecule is COc1ccc(Oc2ncccc2NC(=O)C2CC(=O)N(c3cccc(Br)c3)C2)cc1. The van der Waals surface area contributed by atoms with Crippen LogP contribution in [0.5, 0.6) is 17.4 Å². The van der Waals surface area contributed by atoms with Crippen LogP contribution in [0.3, 0.4) is 0 Å². The Morgan fingerprint density at radius 2 is 1.90 bits per heavy atom. The molecule has 1 saturated heterocycles. The zero-order valence-electron chi connectivity index (χ0n) is 16.7. The fourth-order valence-electron chi connectivity index (χ4n) is 3.33. The largest absolute Gasteiger partial charge is 0.497 e. The lowest BCUT2D eigenvalue weighted by Gasteiger charge is -2.17. The molecule has 3 aromatic rings. The molecule has 0 aliphatic carbocycles. The van der Waals surface area contributed by atoms with E-state index in [0.29, 0.717) is 23.7 Å². The highest BCUT2D eigenvalue weighted by atomic mass is 79.9. The van der Waals surface area contributed by atoms with Gasteiger partial charge in [0.05, 0.1) is 13.0 Å². The molecule has 0 radical (unpaired) electrons. The van der Waals surface area contributed by atoms with E-state index >= 15 is 0 Å². The third kappa shape index (κ3) is 4.86. The predicted octanol–water partition coefficient (Wildman–Crippen LogP) is 4.64. The highest BCUT2D eigenvalue weighted by molar-refractivity contribution is 9.10. The van der Waals surface area contributed by atoms with E-state index < -0.39 is 5.92 Å². The van der Waals surface area contributed by atoms with Crippen LogP contribution in [0, 0.1) is 5.92 Å². The van der Waals surface area contributed by atoms with E-state index in [2.05, 4.69) is 26.2 Å². The number of hydrogen-bond donors (Lipinski definition) is 1. The van der Waals surface area contributed by atoms with Gasteiger partial charge in [-0.2, -0.15) is 0 Å². The second-order valence-electron chi connectivity index (χ2n) is 7.01. The average molecular weight is 482 g/mol. The van der Waals surface area contributed by atoms with E-state index in [0.717, 1.165) is 10.2 Å². The third-order valence-corrected chi connectivity index (χ3v) is 5.41. The molecule has 31 heavy (non-hydrogen) atoms. The molecular weight excluding hydrogens is 462 g/mol. The summed E-state index contributed by atoms with van der Waals surface area (Å²) in [5, 5.41) is 2.86. The Morgan fingerprint density at radius 1 is 1.13 bits per heavy atom. The molecule has 0 saturated carbocycles. The number of amides is 2. The van der Waals surface area contributed by atoms with Crippen molar-refractivity contribution in [3.63, 3.8) is 0 Å². The van der Waals surface area contributed by atoms with Crippen LogP contribution in [0.2, 0.25) is 0 Å². The van der Waals surface area contributed by atoms with Gasteiger partial charge in [0, 0.05) is 29.3 Å². The van der Waals surface area contributed by atoms with Crippen molar-refractivity contribution in [1.29, 1.82) is 0 Å². The van der Waals surface area contributed by atoms with Gasteiger partial charge in [-0.15, -0.1) is 0 Å². The molecule has 1 aliphatic heterocycles. The van der Waals surface area contributed by atoms with Crippen molar-refractivity contribution in [1.82, 2.24) is 4.98 Å². The molecular formula is C23H20BrN3O4. The summed E-state index contributed by atoms with van der Waals surface area (Å²) in [6, 6.07) is 17.9. The maximum Gasteiger partial charge on any atom is 0.243 e. The molecule has 1 fully saturated rings. The fraction of sp³-hybridized carbons (Fsp3) is 0.174. The second-order valence-corrected chi connectivity index (χ2v) is 7.92. The summed E-state index contributed by atoms with van der Waals surface area (Å²) in [5.41, 5.74) is 1.20. The lowest BCUT2D eigenvalue weighted by Crippen LogP contribution is -2.28. The first-order valence-corrected chi connectivity index (χ1v) is 10.5. The Morgan fingerprint density at radius 3 is 2.65 bits per heavy atom. The van der Waals surface area contributed by atoms with Gasteiger partial charge in [-0.1, -0.05) is 22.0 Å². The van der Waals surface area contributed by atoms with Crippen molar-refractivity contribution in [3.8, 4) is 17.4 Å². The van der Waals surface area contributed by atoms with Crippen LogP contribution < -0.4 is 19.7 Å². The first-order chi connectivity index (χ1) is 15.0. The molecule has 0 spiro atoms. The van der Waals surface area contributed by atoms with E-state index in [4.69, 9.17) is 9.47 Å². The van der Waals surface area contributed by atoms with Crippen LogP contribution in [-0.2, 0) is 9.59 Å². The molecule has 2 amide bonds. The molecule has 0 bridgehead atoms. The zero-order chi connectivity index (χ0) is 21.8. The van der Waals surface area contributed by atoms with Crippen molar-refractivity contribution in [2.75, 3.05) is 23.9 Å². The number of hydrogen-bond acceptors (Lipinski definition) is 5. The molecule has 1 N–H and O–H groups in total. The highest BCUT2D eigenvalue weighted by Crippen LogP contribution is 2.31. The number of anilines is 2. The monoisotopic (exact) mass is 481 g/mol. The number of carbonyl (C=O) groups is 2. The normalized spacial score (nSPS) is 15.6. The topological polar surface area (TPSA) is 80.8 Å². The van der Waals surface area contributed by atoms with Crippen molar-refractivity contribution < 1.29 is 19.1 Å². The standard InChI is InChI=1S/C23H20BrN3O4/c1-30-18-7-9-19(10-8-18)31-23-20(6-3-11-25-23)26-22(29)15-12-21(28)27(14-15)17-5-2-4-16(24)13-17/h2-11,13,15H,12,14H2,1H3,(H,26,29). The number of halogens is 1. The van der Waals surface area contributed by atoms with Gasteiger partial charge in [0.1, 0.15) is 17.2 Å². The molecule has 1 atom stereocenters. The van der Waals surface area contributed by atoms with Gasteiger partial charge in [-0.3, -0.25) is 9.59 Å². The number of benzene rings is 2. The third-order valence-electron chi connectivity index (χ3n) is 4.92. The lowest BCUT2D eigenvalue weighted by molar-refractivity contribution is -0.122. The van der Waals surface area contributed by atoms with Gasteiger partial charge < -0.3 is 19.7 Å². The van der Waals surface area contributed by atoms with Gasteiger partial charge in [-0.25, -0.2) is 4.98 Å². The maximum atomic E-state index is 12.9. The molecule has 1 aromatic heterocycles. The van der Waals surface area contributed by atoms with Gasteiger partial charge in [0.15, 0.2) is 0 Å². The van der Waals surface area contributed by atoms with Crippen LogP contribution >= 0.6 is 15.9 Å². The Labute approximate surface area is 188 Å². The number of ether oxygens (including phenoxy) is 2. The Hall–Kier alpha value is -3.39. The van der Waals surface area contributed by atoms with E-state index in [1.54, 1.807) is 54.6 Å². The summed E-state index contributed by atoms with van der Waals surface area (Å²) in [4.78, 5) is 31.3. The smallest absolute Gasteiger partial charge is 0.243 e. The van der Waals surface area contributed by atoms with Crippen LogP contribution in [-0.4, -0.2) is 30.5 Å². The van der Waals surface area contributed by atoms with E-state index in [9.17, 15) is 9.59 Å². The van der Waals surface area contributed by atoms with E-state index in [1.165, 1.54) is 0 Å². The molecule has 4 rings (SSSR count). The van der Waals surface area contributed by atoms with Gasteiger partial charge >= 0.3 is 0 Å². The summed E-state index contributed by atoms with van der Waals surface area (Å²) in [6.07, 6.45) is 1.73. The van der Waals surface area contributed by atoms with Gasteiger partial charge in [0.2, 0.25) is 17.7 Å². The molecule has 8 heteroatoms. The van der Waals surface area contributed by atoms with Crippen LogP contribution in [0.1, 0.15) is 6.42 Å². The van der Waals surface area contributed by atoms with Crippen molar-refractivity contribution in [3.05, 3.63) is 71.3 Å². The van der Waals surface area contributed by atoms with Gasteiger partial charge in [-0.05, 0) is 54.6 Å². The minimum Gasteiger partial charge on any atom is -0.497 e. The molecule has 2 heterocycles. The number of nitrogens with zero attached hydrogens (tertiary/aromatic N) is 2. The number of aromatic nitrogens is 1. The van der Waals surface area contributed by atoms with Crippen molar-refractivity contribution >= 4 is 39.1 Å². The summed E-state index contributed by atoms with van der Waals surface area (Å²) < 4.78 is 11.9. The Balaban J connectivity index is 1.46. The molecule has 1 unspecified atom stereocenters. The summed E-state index contributed by atoms with van der Waals surface area (Å²) in [7, 11) is 1.59. The minimum atomic E-state index is -0.472. The van der Waals surface area contributed by atoms with Crippen molar-refractivity contribution in [2.45, 2.75) is 6.42 Å². The summed E-state index contributed by atoms with van der Waals surface area (Å²) >= 11 is 3.42. The van der Waals surface area contributed by atoms with Crippen LogP contribution in [0.4, 0.5) is 11.4 Å². The Kier molecular flexibility index (Phi) is 6.18. The van der Waals surface area contributed by atoms with Gasteiger partial charge in [0.25, 0.3) is 0 Å². The second kappa shape index (κ2) is 9.18. The maximum absolute atomic E-state index is 12.9. The summed E-state index contributed by atoms with van der Waals surface area (Å²) in [6.45, 7) is 0.316. The first kappa shape index (κ1) is 20.9. The van der Waals surface area contributed by atoms with Crippen LogP contribution in [0.25, 0.3) is 0 Å². The van der Waals surface area contributed by atoms with Crippen molar-refractivity contribution in [2.24, 2.45) is 5.92 Å². The minimum absolute atomic E-state index is 0.0841. The molecule has 7 nitrogen and oxygen atoms in total. The van der Waals surface area contributed by atoms with E-state index in [-0.39, 0.29) is 24.1 Å². The number of methoxy groups -OCH3 is 1. The quantitative estimate of drug-likeness (QED) is 0.554. The zero-order valence-corrected chi connectivity index (χ0v) is 18.3. The van der Waals surface area contributed by atoms with Crippen LogP contribution in [0.15, 0.2) is 71.3 Å². The fourth-order valence-corrected chi connectivity index (χ4v) is 3.72.